The summed E-state index contributed by atoms with van der Waals surface area (Å²) in [6.45, 7) is 4.60. The highest BCUT2D eigenvalue weighted by Crippen LogP contribution is 2.26. The lowest BCUT2D eigenvalue weighted by atomic mass is 10.1. The summed E-state index contributed by atoms with van der Waals surface area (Å²) in [4.78, 5) is 4.44. The van der Waals surface area contributed by atoms with Crippen molar-refractivity contribution < 1.29 is 5.11 Å². The van der Waals surface area contributed by atoms with Gasteiger partial charge in [0.1, 0.15) is 11.8 Å². The first kappa shape index (κ1) is 14.1. The van der Waals surface area contributed by atoms with Crippen LogP contribution in [0.4, 0.5) is 0 Å². The van der Waals surface area contributed by atoms with Gasteiger partial charge in [0.05, 0.1) is 22.1 Å². The highest BCUT2D eigenvalue weighted by atomic mass is 35.5. The molecule has 0 amide bonds. The molecule has 3 heterocycles. The highest BCUT2D eigenvalue weighted by molar-refractivity contribution is 6.31. The molecule has 0 fully saturated rings. The maximum absolute atomic E-state index is 10.5. The lowest BCUT2D eigenvalue weighted by Gasteiger charge is -2.09. The van der Waals surface area contributed by atoms with Crippen molar-refractivity contribution in [1.29, 1.82) is 0 Å². The highest BCUT2D eigenvalue weighted by Gasteiger charge is 2.19. The molecule has 0 saturated carbocycles. The number of hydrogen-bond donors (Lipinski definition) is 1. The molecule has 1 unspecified atom stereocenters. The molecule has 3 aromatic rings. The number of imidazole rings is 1. The molecule has 5 nitrogen and oxygen atoms in total. The Labute approximate surface area is 127 Å². The molecule has 1 N–H and O–H groups in total. The largest absolute Gasteiger partial charge is 0.386 e. The molecule has 0 aliphatic heterocycles. The SMILES string of the molecule is CCn1nc(C)c(Cl)c1CC(O)c1cn2ccccc2n1. The van der Waals surface area contributed by atoms with Gasteiger partial charge < -0.3 is 9.51 Å². The third kappa shape index (κ3) is 2.54. The first-order valence-electron chi connectivity index (χ1n) is 6.93. The molecule has 0 aliphatic carbocycles. The summed E-state index contributed by atoms with van der Waals surface area (Å²) < 4.78 is 3.72. The van der Waals surface area contributed by atoms with Crippen molar-refractivity contribution >= 4 is 17.2 Å². The van der Waals surface area contributed by atoms with Gasteiger partial charge in [-0.3, -0.25) is 4.68 Å². The van der Waals surface area contributed by atoms with E-state index in [0.29, 0.717) is 17.1 Å². The summed E-state index contributed by atoms with van der Waals surface area (Å²) in [6, 6.07) is 5.76. The summed E-state index contributed by atoms with van der Waals surface area (Å²) in [7, 11) is 0. The quantitative estimate of drug-likeness (QED) is 0.806. The van der Waals surface area contributed by atoms with Gasteiger partial charge in [0, 0.05) is 25.4 Å². The van der Waals surface area contributed by atoms with Gasteiger partial charge in [0.15, 0.2) is 0 Å². The maximum Gasteiger partial charge on any atom is 0.137 e. The van der Waals surface area contributed by atoms with Crippen LogP contribution in [0.15, 0.2) is 30.6 Å². The van der Waals surface area contributed by atoms with E-state index < -0.39 is 6.10 Å². The molecule has 0 bridgehead atoms. The zero-order chi connectivity index (χ0) is 15.0. The van der Waals surface area contributed by atoms with Crippen LogP contribution in [0.2, 0.25) is 5.02 Å². The van der Waals surface area contributed by atoms with E-state index in [9.17, 15) is 5.11 Å². The Morgan fingerprint density at radius 3 is 2.90 bits per heavy atom. The minimum atomic E-state index is -0.705. The van der Waals surface area contributed by atoms with Crippen molar-refractivity contribution in [2.24, 2.45) is 0 Å². The van der Waals surface area contributed by atoms with Crippen LogP contribution in [0.3, 0.4) is 0 Å². The first-order valence-corrected chi connectivity index (χ1v) is 7.31. The zero-order valence-electron chi connectivity index (χ0n) is 12.0. The second-order valence-corrected chi connectivity index (χ2v) is 5.39. The molecule has 110 valence electrons. The fraction of sp³-hybridized carbons (Fsp3) is 0.333. The summed E-state index contributed by atoms with van der Waals surface area (Å²) in [5.74, 6) is 0. The lowest BCUT2D eigenvalue weighted by Crippen LogP contribution is -2.09. The van der Waals surface area contributed by atoms with Crippen molar-refractivity contribution in [2.75, 3.05) is 0 Å². The Hall–Kier alpha value is -1.85. The first-order chi connectivity index (χ1) is 10.1. The van der Waals surface area contributed by atoms with Gasteiger partial charge in [-0.25, -0.2) is 4.98 Å². The van der Waals surface area contributed by atoms with Crippen molar-refractivity contribution in [3.8, 4) is 0 Å². The summed E-state index contributed by atoms with van der Waals surface area (Å²) in [6.07, 6.45) is 3.44. The van der Waals surface area contributed by atoms with Crippen LogP contribution in [0.1, 0.15) is 30.1 Å². The van der Waals surface area contributed by atoms with Gasteiger partial charge in [-0.1, -0.05) is 17.7 Å². The van der Waals surface area contributed by atoms with E-state index in [-0.39, 0.29) is 0 Å². The Morgan fingerprint density at radius 1 is 1.38 bits per heavy atom. The van der Waals surface area contributed by atoms with E-state index in [1.165, 1.54) is 0 Å². The van der Waals surface area contributed by atoms with E-state index in [1.807, 2.05) is 53.5 Å². The van der Waals surface area contributed by atoms with Crippen LogP contribution in [0, 0.1) is 6.92 Å². The van der Waals surface area contributed by atoms with Crippen molar-refractivity contribution in [2.45, 2.75) is 32.9 Å². The molecule has 0 radical (unpaired) electrons. The number of aliphatic hydroxyl groups is 1. The average molecular weight is 305 g/mol. The maximum atomic E-state index is 10.5. The normalized spacial score (nSPS) is 13.0. The molecule has 0 saturated heterocycles. The number of aryl methyl sites for hydroxylation is 2. The van der Waals surface area contributed by atoms with E-state index >= 15 is 0 Å². The molecular formula is C15H17ClN4O. The number of hydrogen-bond acceptors (Lipinski definition) is 3. The fourth-order valence-electron chi connectivity index (χ4n) is 2.47. The van der Waals surface area contributed by atoms with Crippen LogP contribution >= 0.6 is 11.6 Å². The van der Waals surface area contributed by atoms with E-state index in [4.69, 9.17) is 11.6 Å². The second-order valence-electron chi connectivity index (χ2n) is 5.01. The molecule has 6 heteroatoms. The van der Waals surface area contributed by atoms with Gasteiger partial charge >= 0.3 is 0 Å². The third-order valence-corrected chi connectivity index (χ3v) is 4.06. The average Bonchev–Trinajstić information content (AvgIpc) is 3.03. The fourth-order valence-corrected chi connectivity index (χ4v) is 2.68. The van der Waals surface area contributed by atoms with Gasteiger partial charge in [-0.2, -0.15) is 5.10 Å². The number of nitrogens with zero attached hydrogens (tertiary/aromatic N) is 4. The minimum absolute atomic E-state index is 0.400. The molecule has 3 aromatic heterocycles. The predicted molar refractivity (Wildman–Crippen MR) is 81.5 cm³/mol. The smallest absolute Gasteiger partial charge is 0.137 e. The second kappa shape index (κ2) is 5.50. The van der Waals surface area contributed by atoms with Crippen molar-refractivity contribution in [1.82, 2.24) is 19.2 Å². The van der Waals surface area contributed by atoms with Gasteiger partial charge in [-0.05, 0) is 26.0 Å². The molecule has 1 atom stereocenters. The number of pyridine rings is 1. The number of halogens is 1. The Kier molecular flexibility index (Phi) is 3.69. The number of fused-ring (bicyclic) bond motifs is 1. The monoisotopic (exact) mass is 304 g/mol. The standard InChI is InChI=1S/C15H17ClN4O/c1-3-20-12(15(16)10(2)18-20)8-13(21)11-9-19-7-5-4-6-14(19)17-11/h4-7,9,13,21H,3,8H2,1-2H3. The Balaban J connectivity index is 1.91. The van der Waals surface area contributed by atoms with Crippen LogP contribution in [0.25, 0.3) is 5.65 Å². The predicted octanol–water partition coefficient (Wildman–Crippen LogP) is 2.79. The summed E-state index contributed by atoms with van der Waals surface area (Å²) in [5, 5.41) is 15.4. The Morgan fingerprint density at radius 2 is 2.19 bits per heavy atom. The molecule has 0 aromatic carbocycles. The number of rotatable bonds is 4. The number of aromatic nitrogens is 4. The van der Waals surface area contributed by atoms with E-state index in [1.54, 1.807) is 0 Å². The third-order valence-electron chi connectivity index (χ3n) is 3.56. The Bertz CT molecular complexity index is 744. The molecule has 21 heavy (non-hydrogen) atoms. The van der Waals surface area contributed by atoms with Crippen LogP contribution < -0.4 is 0 Å². The molecule has 3 rings (SSSR count). The molecule has 0 aliphatic rings. The summed E-state index contributed by atoms with van der Waals surface area (Å²) >= 11 is 6.28. The van der Waals surface area contributed by atoms with Crippen LogP contribution in [-0.4, -0.2) is 24.3 Å². The molecule has 0 spiro atoms. The molecular weight excluding hydrogens is 288 g/mol. The van der Waals surface area contributed by atoms with Crippen LogP contribution in [-0.2, 0) is 13.0 Å². The van der Waals surface area contributed by atoms with E-state index in [0.717, 1.165) is 23.6 Å². The van der Waals surface area contributed by atoms with Crippen LogP contribution in [0.5, 0.6) is 0 Å². The topological polar surface area (TPSA) is 55.3 Å². The number of aliphatic hydroxyl groups excluding tert-OH is 1. The van der Waals surface area contributed by atoms with Gasteiger partial charge in [0.2, 0.25) is 0 Å². The van der Waals surface area contributed by atoms with Gasteiger partial charge in [0.25, 0.3) is 0 Å². The minimum Gasteiger partial charge on any atom is -0.386 e. The van der Waals surface area contributed by atoms with Gasteiger partial charge in [-0.15, -0.1) is 0 Å². The zero-order valence-corrected chi connectivity index (χ0v) is 12.7. The van der Waals surface area contributed by atoms with E-state index in [2.05, 4.69) is 10.1 Å². The lowest BCUT2D eigenvalue weighted by molar-refractivity contribution is 0.171. The van der Waals surface area contributed by atoms with Crippen molar-refractivity contribution in [3.63, 3.8) is 0 Å². The summed E-state index contributed by atoms with van der Waals surface area (Å²) in [5.41, 5.74) is 3.09. The van der Waals surface area contributed by atoms with Crippen molar-refractivity contribution in [3.05, 3.63) is 52.7 Å².